The second-order valence-electron chi connectivity index (χ2n) is 5.82. The lowest BCUT2D eigenvalue weighted by Gasteiger charge is -2.35. The summed E-state index contributed by atoms with van der Waals surface area (Å²) >= 11 is 3.38. The molecule has 0 spiro atoms. The summed E-state index contributed by atoms with van der Waals surface area (Å²) in [4.78, 5) is 13.2. The first kappa shape index (κ1) is 16.4. The number of halogens is 1. The molecule has 0 aliphatic carbocycles. The zero-order valence-corrected chi connectivity index (χ0v) is 14.1. The normalized spacial score (nSPS) is 17.3. The second kappa shape index (κ2) is 7.33. The Kier molecular flexibility index (Phi) is 5.72. The van der Waals surface area contributed by atoms with Gasteiger partial charge in [-0.3, -0.25) is 10.1 Å². The van der Waals surface area contributed by atoms with Crippen LogP contribution >= 0.6 is 15.9 Å². The van der Waals surface area contributed by atoms with Gasteiger partial charge in [-0.2, -0.15) is 0 Å². The van der Waals surface area contributed by atoms with E-state index in [0.717, 1.165) is 36.0 Å². The quantitative estimate of drug-likeness (QED) is 0.650. The van der Waals surface area contributed by atoms with Gasteiger partial charge >= 0.3 is 0 Å². The third-order valence-corrected chi connectivity index (χ3v) is 4.57. The number of nitrogens with one attached hydrogen (secondary N) is 1. The average Bonchev–Trinajstić information content (AvgIpc) is 2.45. The number of piperidine rings is 1. The molecule has 0 unspecified atom stereocenters. The van der Waals surface area contributed by atoms with Crippen molar-refractivity contribution in [3.05, 3.63) is 38.3 Å². The van der Waals surface area contributed by atoms with Gasteiger partial charge in [0.25, 0.3) is 5.69 Å². The molecule has 116 valence electrons. The molecule has 1 heterocycles. The highest BCUT2D eigenvalue weighted by Crippen LogP contribution is 2.23. The van der Waals surface area contributed by atoms with E-state index in [1.807, 2.05) is 6.07 Å². The van der Waals surface area contributed by atoms with Crippen molar-refractivity contribution in [1.82, 2.24) is 10.2 Å². The van der Waals surface area contributed by atoms with E-state index in [1.165, 1.54) is 0 Å². The highest BCUT2D eigenvalue weighted by atomic mass is 79.9. The van der Waals surface area contributed by atoms with Gasteiger partial charge in [-0.05, 0) is 51.9 Å². The van der Waals surface area contributed by atoms with Crippen molar-refractivity contribution in [2.24, 2.45) is 0 Å². The smallest absolute Gasteiger partial charge is 0.273 e. The van der Waals surface area contributed by atoms with E-state index < -0.39 is 0 Å². The first-order valence-corrected chi connectivity index (χ1v) is 8.17. The molecule has 1 aliphatic rings. The Balaban J connectivity index is 1.92. The van der Waals surface area contributed by atoms with E-state index >= 15 is 0 Å². The zero-order chi connectivity index (χ0) is 15.4. The second-order valence-corrected chi connectivity index (χ2v) is 6.73. The number of nitro groups is 1. The lowest BCUT2D eigenvalue weighted by molar-refractivity contribution is -0.385. The van der Waals surface area contributed by atoms with Crippen LogP contribution in [0.4, 0.5) is 5.69 Å². The van der Waals surface area contributed by atoms with Crippen LogP contribution in [-0.4, -0.2) is 35.0 Å². The minimum atomic E-state index is -0.315. The number of nitrogens with zero attached hydrogens (tertiary/aromatic N) is 2. The van der Waals surface area contributed by atoms with Crippen molar-refractivity contribution in [2.45, 2.75) is 45.3 Å². The minimum absolute atomic E-state index is 0.185. The van der Waals surface area contributed by atoms with Crippen LogP contribution in [0.15, 0.2) is 22.7 Å². The summed E-state index contributed by atoms with van der Waals surface area (Å²) in [5, 5.41) is 14.5. The van der Waals surface area contributed by atoms with Gasteiger partial charge in [0.05, 0.1) is 4.92 Å². The SMILES string of the molecule is CC(C)N1CCC(NCc2cc(Br)ccc2[N+](=O)[O-])CC1. The molecular weight excluding hydrogens is 334 g/mol. The zero-order valence-electron chi connectivity index (χ0n) is 12.5. The third kappa shape index (κ3) is 4.49. The van der Waals surface area contributed by atoms with Crippen LogP contribution in [0.5, 0.6) is 0 Å². The maximum absolute atomic E-state index is 11.1. The van der Waals surface area contributed by atoms with Crippen molar-refractivity contribution in [2.75, 3.05) is 13.1 Å². The van der Waals surface area contributed by atoms with Crippen LogP contribution in [0.1, 0.15) is 32.3 Å². The molecule has 0 saturated carbocycles. The number of likely N-dealkylation sites (tertiary alicyclic amines) is 1. The van der Waals surface area contributed by atoms with Crippen LogP contribution < -0.4 is 5.32 Å². The number of rotatable bonds is 5. The summed E-state index contributed by atoms with van der Waals surface area (Å²) in [7, 11) is 0. The van der Waals surface area contributed by atoms with Crippen molar-refractivity contribution in [3.8, 4) is 0 Å². The molecule has 1 aromatic rings. The van der Waals surface area contributed by atoms with Crippen molar-refractivity contribution < 1.29 is 4.92 Å². The topological polar surface area (TPSA) is 58.4 Å². The van der Waals surface area contributed by atoms with E-state index in [2.05, 4.69) is 40.0 Å². The molecule has 1 fully saturated rings. The lowest BCUT2D eigenvalue weighted by Crippen LogP contribution is -2.44. The Hall–Kier alpha value is -0.980. The first-order chi connectivity index (χ1) is 9.97. The molecule has 0 bridgehead atoms. The molecule has 1 aromatic carbocycles. The van der Waals surface area contributed by atoms with E-state index in [1.54, 1.807) is 12.1 Å². The van der Waals surface area contributed by atoms with Crippen LogP contribution in [0.25, 0.3) is 0 Å². The molecular formula is C15H22BrN3O2. The number of benzene rings is 1. The number of nitro benzene ring substituents is 1. The summed E-state index contributed by atoms with van der Waals surface area (Å²) in [6, 6.07) is 6.13. The van der Waals surface area contributed by atoms with E-state index in [-0.39, 0.29) is 10.6 Å². The van der Waals surface area contributed by atoms with Crippen LogP contribution in [0.2, 0.25) is 0 Å². The molecule has 0 aromatic heterocycles. The maximum Gasteiger partial charge on any atom is 0.273 e. The van der Waals surface area contributed by atoms with Gasteiger partial charge in [-0.15, -0.1) is 0 Å². The average molecular weight is 356 g/mol. The molecule has 1 N–H and O–H groups in total. The Bertz CT molecular complexity index is 500. The molecule has 1 aliphatic heterocycles. The monoisotopic (exact) mass is 355 g/mol. The van der Waals surface area contributed by atoms with E-state index in [4.69, 9.17) is 0 Å². The fraction of sp³-hybridized carbons (Fsp3) is 0.600. The van der Waals surface area contributed by atoms with E-state index in [9.17, 15) is 10.1 Å². The molecule has 0 atom stereocenters. The van der Waals surface area contributed by atoms with Crippen molar-refractivity contribution >= 4 is 21.6 Å². The Morgan fingerprint density at radius 1 is 1.43 bits per heavy atom. The molecule has 6 heteroatoms. The fourth-order valence-electron chi connectivity index (χ4n) is 2.75. The van der Waals surface area contributed by atoms with Gasteiger partial charge in [-0.1, -0.05) is 15.9 Å². The summed E-state index contributed by atoms with van der Waals surface area (Å²) < 4.78 is 0.875. The van der Waals surface area contributed by atoms with Crippen molar-refractivity contribution in [1.29, 1.82) is 0 Å². The van der Waals surface area contributed by atoms with Gasteiger partial charge in [0, 0.05) is 34.7 Å². The van der Waals surface area contributed by atoms with Crippen LogP contribution in [-0.2, 0) is 6.54 Å². The van der Waals surface area contributed by atoms with Gasteiger partial charge in [-0.25, -0.2) is 0 Å². The lowest BCUT2D eigenvalue weighted by atomic mass is 10.0. The van der Waals surface area contributed by atoms with Crippen LogP contribution in [0, 0.1) is 10.1 Å². The molecule has 2 rings (SSSR count). The fourth-order valence-corrected chi connectivity index (χ4v) is 3.16. The minimum Gasteiger partial charge on any atom is -0.310 e. The van der Waals surface area contributed by atoms with Gasteiger partial charge in [0.2, 0.25) is 0 Å². The molecule has 0 amide bonds. The van der Waals surface area contributed by atoms with Gasteiger partial charge in [0.1, 0.15) is 0 Å². The van der Waals surface area contributed by atoms with Gasteiger partial charge < -0.3 is 10.2 Å². The molecule has 0 radical (unpaired) electrons. The molecule has 21 heavy (non-hydrogen) atoms. The summed E-state index contributed by atoms with van der Waals surface area (Å²) in [6.07, 6.45) is 2.19. The van der Waals surface area contributed by atoms with E-state index in [0.29, 0.717) is 18.6 Å². The highest BCUT2D eigenvalue weighted by Gasteiger charge is 2.21. The number of hydrogen-bond donors (Lipinski definition) is 1. The van der Waals surface area contributed by atoms with Crippen molar-refractivity contribution in [3.63, 3.8) is 0 Å². The Morgan fingerprint density at radius 3 is 2.67 bits per heavy atom. The summed E-state index contributed by atoms with van der Waals surface area (Å²) in [6.45, 7) is 7.17. The molecule has 1 saturated heterocycles. The largest absolute Gasteiger partial charge is 0.310 e. The first-order valence-electron chi connectivity index (χ1n) is 7.37. The van der Waals surface area contributed by atoms with Gasteiger partial charge in [0.15, 0.2) is 0 Å². The van der Waals surface area contributed by atoms with Crippen LogP contribution in [0.3, 0.4) is 0 Å². The summed E-state index contributed by atoms with van der Waals surface area (Å²) in [5.41, 5.74) is 0.922. The maximum atomic E-state index is 11.1. The highest BCUT2D eigenvalue weighted by molar-refractivity contribution is 9.10. The Labute approximate surface area is 134 Å². The standard InChI is InChI=1S/C15H22BrN3O2/c1-11(2)18-7-5-14(6-8-18)17-10-12-9-13(16)3-4-15(12)19(20)21/h3-4,9,11,14,17H,5-8,10H2,1-2H3. The predicted octanol–water partition coefficient (Wildman–Crippen LogP) is 3.32. The number of hydrogen-bond acceptors (Lipinski definition) is 4. The third-order valence-electron chi connectivity index (χ3n) is 4.08. The molecule has 5 nitrogen and oxygen atoms in total. The predicted molar refractivity (Wildman–Crippen MR) is 87.4 cm³/mol. The Morgan fingerprint density at radius 2 is 2.10 bits per heavy atom. The summed E-state index contributed by atoms with van der Waals surface area (Å²) in [5.74, 6) is 0.